The lowest BCUT2D eigenvalue weighted by Gasteiger charge is -2.06. The molecule has 7 nitrogen and oxygen atoms in total. The van der Waals surface area contributed by atoms with Crippen LogP contribution in [0, 0.1) is 6.92 Å². The second kappa shape index (κ2) is 5.98. The highest BCUT2D eigenvalue weighted by atomic mass is 32.2. The molecule has 0 fully saturated rings. The summed E-state index contributed by atoms with van der Waals surface area (Å²) in [6, 6.07) is 6.63. The number of aromatic nitrogens is 2. The minimum atomic E-state index is -3.77. The lowest BCUT2D eigenvalue weighted by atomic mass is 10.1. The largest absolute Gasteiger partial charge is 0.380 e. The molecular weight excluding hydrogens is 318 g/mol. The molecule has 2 aromatic heterocycles. The molecule has 0 unspecified atom stereocenters. The van der Waals surface area contributed by atoms with Gasteiger partial charge in [0.15, 0.2) is 11.4 Å². The van der Waals surface area contributed by atoms with Crippen molar-refractivity contribution in [3.63, 3.8) is 0 Å². The molecule has 120 valence electrons. The van der Waals surface area contributed by atoms with E-state index in [1.807, 2.05) is 13.0 Å². The van der Waals surface area contributed by atoms with Crippen molar-refractivity contribution in [3.05, 3.63) is 47.8 Å². The Balaban J connectivity index is 2.00. The fourth-order valence-electron chi connectivity index (χ4n) is 2.21. The van der Waals surface area contributed by atoms with Crippen LogP contribution < -0.4 is 4.72 Å². The van der Waals surface area contributed by atoms with Crippen molar-refractivity contribution in [2.75, 3.05) is 11.8 Å². The van der Waals surface area contributed by atoms with Gasteiger partial charge < -0.3 is 9.26 Å². The third-order valence-corrected chi connectivity index (χ3v) is 4.73. The topological polar surface area (TPSA) is 94.3 Å². The van der Waals surface area contributed by atoms with Crippen molar-refractivity contribution in [1.82, 2.24) is 10.1 Å². The number of hydrogen-bond acceptors (Lipinski definition) is 6. The molecule has 0 bridgehead atoms. The van der Waals surface area contributed by atoms with Gasteiger partial charge in [-0.05, 0) is 42.3 Å². The van der Waals surface area contributed by atoms with Crippen molar-refractivity contribution in [3.8, 4) is 0 Å². The minimum absolute atomic E-state index is 0.0591. The molecule has 0 radical (unpaired) electrons. The summed E-state index contributed by atoms with van der Waals surface area (Å²) in [6.45, 7) is 2.36. The molecular formula is C15H15N3O4S. The Labute approximate surface area is 133 Å². The summed E-state index contributed by atoms with van der Waals surface area (Å²) >= 11 is 0. The summed E-state index contributed by atoms with van der Waals surface area (Å²) < 4.78 is 37.5. The first-order chi connectivity index (χ1) is 11.0. The third kappa shape index (κ3) is 3.03. The van der Waals surface area contributed by atoms with Crippen molar-refractivity contribution in [2.24, 2.45) is 0 Å². The number of ether oxygens (including phenoxy) is 1. The lowest BCUT2D eigenvalue weighted by Crippen LogP contribution is -2.13. The van der Waals surface area contributed by atoms with Crippen molar-refractivity contribution >= 4 is 26.8 Å². The normalized spacial score (nSPS) is 11.7. The van der Waals surface area contributed by atoms with E-state index in [1.54, 1.807) is 19.2 Å². The summed E-state index contributed by atoms with van der Waals surface area (Å²) in [6.07, 6.45) is 2.78. The Morgan fingerprint density at radius 2 is 2.17 bits per heavy atom. The fourth-order valence-corrected chi connectivity index (χ4v) is 3.19. The highest BCUT2D eigenvalue weighted by Gasteiger charge is 2.19. The van der Waals surface area contributed by atoms with Gasteiger partial charge in [0.2, 0.25) is 0 Å². The molecule has 3 rings (SSSR count). The average molecular weight is 333 g/mol. The zero-order chi connectivity index (χ0) is 16.4. The van der Waals surface area contributed by atoms with Gasteiger partial charge in [0.05, 0.1) is 12.0 Å². The van der Waals surface area contributed by atoms with E-state index in [4.69, 9.17) is 9.26 Å². The highest BCUT2D eigenvalue weighted by Crippen LogP contribution is 2.28. The molecule has 0 spiro atoms. The molecule has 0 amide bonds. The smallest absolute Gasteiger partial charge is 0.264 e. The Bertz CT molecular complexity index is 936. The number of rotatable bonds is 5. The van der Waals surface area contributed by atoms with Gasteiger partial charge in [-0.15, -0.1) is 0 Å². The van der Waals surface area contributed by atoms with Crippen LogP contribution in [0.3, 0.4) is 0 Å². The van der Waals surface area contributed by atoms with Crippen LogP contribution in [-0.2, 0) is 21.4 Å². The summed E-state index contributed by atoms with van der Waals surface area (Å²) in [7, 11) is -2.16. The van der Waals surface area contributed by atoms with E-state index >= 15 is 0 Å². The maximum absolute atomic E-state index is 12.3. The Hall–Kier alpha value is -2.45. The van der Waals surface area contributed by atoms with Gasteiger partial charge in [0.1, 0.15) is 4.90 Å². The molecule has 0 saturated carbocycles. The molecule has 0 saturated heterocycles. The van der Waals surface area contributed by atoms with Crippen molar-refractivity contribution in [2.45, 2.75) is 18.4 Å². The number of aryl methyl sites for hydroxylation is 1. The number of fused-ring (bicyclic) bond motifs is 1. The fraction of sp³-hybridized carbons (Fsp3) is 0.200. The quantitative estimate of drug-likeness (QED) is 0.771. The Morgan fingerprint density at radius 1 is 1.35 bits per heavy atom. The van der Waals surface area contributed by atoms with Crippen LogP contribution in [0.5, 0.6) is 0 Å². The van der Waals surface area contributed by atoms with Gasteiger partial charge in [0.25, 0.3) is 10.0 Å². The number of benzene rings is 1. The van der Waals surface area contributed by atoms with Gasteiger partial charge >= 0.3 is 0 Å². The van der Waals surface area contributed by atoms with Crippen LogP contribution >= 0.6 is 0 Å². The number of pyridine rings is 1. The van der Waals surface area contributed by atoms with Gasteiger partial charge in [-0.3, -0.25) is 9.71 Å². The second-order valence-corrected chi connectivity index (χ2v) is 6.72. The van der Waals surface area contributed by atoms with Crippen LogP contribution in [0.4, 0.5) is 5.82 Å². The van der Waals surface area contributed by atoms with E-state index < -0.39 is 10.0 Å². The number of anilines is 1. The first-order valence-electron chi connectivity index (χ1n) is 6.82. The maximum atomic E-state index is 12.3. The van der Waals surface area contributed by atoms with Crippen molar-refractivity contribution in [1.29, 1.82) is 0 Å². The highest BCUT2D eigenvalue weighted by molar-refractivity contribution is 7.92. The van der Waals surface area contributed by atoms with E-state index in [9.17, 15) is 8.42 Å². The van der Waals surface area contributed by atoms with Gasteiger partial charge in [0, 0.05) is 19.5 Å². The number of sulfonamides is 1. The molecule has 3 aromatic rings. The number of methoxy groups -OCH3 is 1. The predicted octanol–water partition coefficient (Wildman–Crippen LogP) is 2.48. The first kappa shape index (κ1) is 15.4. The SMILES string of the molecule is COCc1cc2onc(NS(=O)(=O)c3cccnc3)c2cc1C. The Kier molecular flexibility index (Phi) is 4.01. The van der Waals surface area contributed by atoms with Crippen LogP contribution in [0.1, 0.15) is 11.1 Å². The lowest BCUT2D eigenvalue weighted by molar-refractivity contribution is 0.184. The molecule has 1 N–H and O–H groups in total. The van der Waals surface area contributed by atoms with Crippen molar-refractivity contribution < 1.29 is 17.7 Å². The monoisotopic (exact) mass is 333 g/mol. The molecule has 8 heteroatoms. The zero-order valence-corrected chi connectivity index (χ0v) is 13.4. The van der Waals surface area contributed by atoms with E-state index in [2.05, 4.69) is 14.9 Å². The summed E-state index contributed by atoms with van der Waals surface area (Å²) in [5, 5.41) is 4.41. The van der Waals surface area contributed by atoms with Crippen LogP contribution in [-0.4, -0.2) is 25.7 Å². The maximum Gasteiger partial charge on any atom is 0.264 e. The van der Waals surface area contributed by atoms with Crippen LogP contribution in [0.2, 0.25) is 0 Å². The molecule has 0 aliphatic rings. The standard InChI is InChI=1S/C15H15N3O4S/c1-10-6-13-14(7-11(10)9-21-2)22-17-15(13)18-23(19,20)12-4-3-5-16-8-12/h3-8H,9H2,1-2H3,(H,17,18). The number of nitrogens with one attached hydrogen (secondary N) is 1. The van der Waals surface area contributed by atoms with E-state index in [1.165, 1.54) is 18.5 Å². The van der Waals surface area contributed by atoms with E-state index in [0.29, 0.717) is 17.6 Å². The number of nitrogens with zero attached hydrogens (tertiary/aromatic N) is 2. The summed E-state index contributed by atoms with van der Waals surface area (Å²) in [4.78, 5) is 3.87. The summed E-state index contributed by atoms with van der Waals surface area (Å²) in [5.74, 6) is 0.149. The molecule has 1 aromatic carbocycles. The first-order valence-corrected chi connectivity index (χ1v) is 8.30. The molecule has 0 aliphatic heterocycles. The molecule has 0 aliphatic carbocycles. The average Bonchev–Trinajstić information content (AvgIpc) is 2.90. The van der Waals surface area contributed by atoms with Gasteiger partial charge in [-0.25, -0.2) is 8.42 Å². The molecule has 2 heterocycles. The third-order valence-electron chi connectivity index (χ3n) is 3.40. The van der Waals surface area contributed by atoms with E-state index in [0.717, 1.165) is 11.1 Å². The van der Waals surface area contributed by atoms with E-state index in [-0.39, 0.29) is 10.7 Å². The second-order valence-electron chi connectivity index (χ2n) is 5.03. The van der Waals surface area contributed by atoms with Crippen LogP contribution in [0.25, 0.3) is 11.0 Å². The van der Waals surface area contributed by atoms with Gasteiger partial charge in [-0.1, -0.05) is 5.16 Å². The zero-order valence-electron chi connectivity index (χ0n) is 12.6. The summed E-state index contributed by atoms with van der Waals surface area (Å²) in [5.41, 5.74) is 2.41. The molecule has 23 heavy (non-hydrogen) atoms. The molecule has 0 atom stereocenters. The Morgan fingerprint density at radius 3 is 2.87 bits per heavy atom. The number of hydrogen-bond donors (Lipinski definition) is 1. The van der Waals surface area contributed by atoms with Crippen LogP contribution in [0.15, 0.2) is 46.1 Å². The van der Waals surface area contributed by atoms with Gasteiger partial charge in [-0.2, -0.15) is 0 Å². The minimum Gasteiger partial charge on any atom is -0.380 e. The predicted molar refractivity (Wildman–Crippen MR) is 84.5 cm³/mol.